The number of benzene rings is 1. The van der Waals surface area contributed by atoms with Crippen molar-refractivity contribution in [3.8, 4) is 11.4 Å². The topological polar surface area (TPSA) is 117 Å². The third kappa shape index (κ3) is 3.27. The summed E-state index contributed by atoms with van der Waals surface area (Å²) < 4.78 is 12.6. The Hall–Kier alpha value is -4.01. The number of aromatic nitrogens is 2. The van der Waals surface area contributed by atoms with Gasteiger partial charge in [-0.3, -0.25) is 14.4 Å². The molecule has 0 saturated heterocycles. The van der Waals surface area contributed by atoms with E-state index in [-0.39, 0.29) is 36.5 Å². The number of cyclic esters (lactones) is 1. The molecule has 1 aromatic carbocycles. The normalized spacial score (nSPS) is 18.0. The number of nitrogens with one attached hydrogen (secondary N) is 1. The van der Waals surface area contributed by atoms with E-state index in [9.17, 15) is 19.2 Å². The summed E-state index contributed by atoms with van der Waals surface area (Å²) in [6.07, 6.45) is 0.272. The lowest BCUT2D eigenvalue weighted by atomic mass is 9.85. The first-order valence-electron chi connectivity index (χ1n) is 11.2. The summed E-state index contributed by atoms with van der Waals surface area (Å²) in [7, 11) is 0. The summed E-state index contributed by atoms with van der Waals surface area (Å²) in [4.78, 5) is 55.3. The van der Waals surface area contributed by atoms with E-state index < -0.39 is 24.1 Å². The zero-order valence-corrected chi connectivity index (χ0v) is 18.8. The third-order valence-corrected chi connectivity index (χ3v) is 6.42. The number of esters is 2. The van der Waals surface area contributed by atoms with E-state index in [1.54, 1.807) is 24.5 Å². The first kappa shape index (κ1) is 21.8. The van der Waals surface area contributed by atoms with Crippen LogP contribution in [-0.4, -0.2) is 33.9 Å². The summed E-state index contributed by atoms with van der Waals surface area (Å²) >= 11 is 0. The van der Waals surface area contributed by atoms with Crippen LogP contribution in [0.4, 0.5) is 0 Å². The lowest BCUT2D eigenvalue weighted by Gasteiger charge is -2.35. The summed E-state index contributed by atoms with van der Waals surface area (Å²) in [6.45, 7) is 3.09. The molecule has 9 nitrogen and oxygen atoms in total. The average molecular weight is 461 g/mol. The van der Waals surface area contributed by atoms with E-state index in [1.165, 1.54) is 0 Å². The van der Waals surface area contributed by atoms with Gasteiger partial charge in [-0.2, -0.15) is 0 Å². The van der Waals surface area contributed by atoms with Crippen molar-refractivity contribution < 1.29 is 23.9 Å². The van der Waals surface area contributed by atoms with Gasteiger partial charge in [0.2, 0.25) is 11.5 Å². The number of fused-ring (bicyclic) bond motifs is 5. The quantitative estimate of drug-likeness (QED) is 0.453. The van der Waals surface area contributed by atoms with E-state index in [4.69, 9.17) is 14.5 Å². The summed E-state index contributed by atoms with van der Waals surface area (Å²) in [5.74, 6) is -1.86. The first-order chi connectivity index (χ1) is 16.4. The molecule has 1 atom stereocenters. The molecule has 1 amide bonds. The molecular formula is C25H23N3O6. The molecular weight excluding hydrogens is 438 g/mol. The van der Waals surface area contributed by atoms with Crippen LogP contribution >= 0.6 is 0 Å². The van der Waals surface area contributed by atoms with E-state index in [0.29, 0.717) is 23.5 Å². The number of rotatable bonds is 5. The van der Waals surface area contributed by atoms with Gasteiger partial charge in [0.25, 0.3) is 5.56 Å². The van der Waals surface area contributed by atoms with Gasteiger partial charge in [0, 0.05) is 22.9 Å². The van der Waals surface area contributed by atoms with Gasteiger partial charge in [-0.15, -0.1) is 0 Å². The molecule has 2 aliphatic rings. The van der Waals surface area contributed by atoms with Gasteiger partial charge in [-0.25, -0.2) is 9.78 Å². The van der Waals surface area contributed by atoms with Crippen molar-refractivity contribution in [2.75, 3.05) is 6.54 Å². The van der Waals surface area contributed by atoms with Crippen LogP contribution in [0.5, 0.6) is 0 Å². The van der Waals surface area contributed by atoms with E-state index in [0.717, 1.165) is 16.5 Å². The molecule has 2 aromatic heterocycles. The second-order valence-electron chi connectivity index (χ2n) is 8.36. The Morgan fingerprint density at radius 2 is 2.00 bits per heavy atom. The maximum atomic E-state index is 13.5. The van der Waals surface area contributed by atoms with E-state index in [1.807, 2.05) is 30.3 Å². The van der Waals surface area contributed by atoms with Crippen molar-refractivity contribution in [1.29, 1.82) is 0 Å². The molecule has 9 heteroatoms. The first-order valence-corrected chi connectivity index (χ1v) is 11.2. The smallest absolute Gasteiger partial charge is 0.355 e. The van der Waals surface area contributed by atoms with Gasteiger partial charge in [-0.05, 0) is 24.6 Å². The van der Waals surface area contributed by atoms with Crippen molar-refractivity contribution in [2.24, 2.45) is 0 Å². The molecule has 0 unspecified atom stereocenters. The molecule has 2 aliphatic heterocycles. The van der Waals surface area contributed by atoms with Gasteiger partial charge in [0.1, 0.15) is 13.2 Å². The Balaban J connectivity index is 1.62. The number of amides is 1. The second-order valence-corrected chi connectivity index (χ2v) is 8.36. The zero-order valence-electron chi connectivity index (χ0n) is 18.8. The van der Waals surface area contributed by atoms with Gasteiger partial charge in [-0.1, -0.05) is 32.0 Å². The molecule has 1 N–H and O–H groups in total. The van der Waals surface area contributed by atoms with Gasteiger partial charge in [0.05, 0.1) is 29.0 Å². The van der Waals surface area contributed by atoms with E-state index >= 15 is 0 Å². The molecule has 0 saturated carbocycles. The Bertz CT molecular complexity index is 1430. The molecule has 3 aromatic rings. The predicted molar refractivity (Wildman–Crippen MR) is 122 cm³/mol. The van der Waals surface area contributed by atoms with Crippen LogP contribution < -0.4 is 10.9 Å². The highest BCUT2D eigenvalue weighted by atomic mass is 16.6. The van der Waals surface area contributed by atoms with Crippen molar-refractivity contribution in [2.45, 2.75) is 45.4 Å². The van der Waals surface area contributed by atoms with E-state index in [2.05, 4.69) is 5.32 Å². The van der Waals surface area contributed by atoms with Crippen LogP contribution in [0.1, 0.15) is 43.4 Å². The SMILES string of the molecule is CCC(=O)NCC(=O)O[C@@]1(CC)C(=O)OCc2c1cc1n(c2=O)Cc2cc3ccccc3nc2-1. The average Bonchev–Trinajstić information content (AvgIpc) is 3.20. The summed E-state index contributed by atoms with van der Waals surface area (Å²) in [5, 5.41) is 3.41. The minimum absolute atomic E-state index is 0.0627. The monoisotopic (exact) mass is 461 g/mol. The van der Waals surface area contributed by atoms with Crippen LogP contribution in [0.3, 0.4) is 0 Å². The molecule has 174 valence electrons. The molecule has 0 fully saturated rings. The largest absolute Gasteiger partial charge is 0.457 e. The lowest BCUT2D eigenvalue weighted by Crippen LogP contribution is -2.48. The maximum absolute atomic E-state index is 13.5. The van der Waals surface area contributed by atoms with Crippen LogP contribution in [0, 0.1) is 0 Å². The van der Waals surface area contributed by atoms with Crippen LogP contribution in [0.15, 0.2) is 41.2 Å². The molecule has 4 heterocycles. The maximum Gasteiger partial charge on any atom is 0.355 e. The van der Waals surface area contributed by atoms with Gasteiger partial charge >= 0.3 is 11.9 Å². The second kappa shape index (κ2) is 8.09. The predicted octanol–water partition coefficient (Wildman–Crippen LogP) is 2.16. The van der Waals surface area contributed by atoms with Gasteiger partial charge < -0.3 is 19.4 Å². The fourth-order valence-electron chi connectivity index (χ4n) is 4.61. The van der Waals surface area contributed by atoms with Gasteiger partial charge in [0.15, 0.2) is 0 Å². The number of hydrogen-bond acceptors (Lipinski definition) is 7. The highest BCUT2D eigenvalue weighted by Crippen LogP contribution is 2.40. The minimum Gasteiger partial charge on any atom is -0.457 e. The Kier molecular flexibility index (Phi) is 5.19. The number of ether oxygens (including phenoxy) is 2. The zero-order chi connectivity index (χ0) is 24.0. The third-order valence-electron chi connectivity index (χ3n) is 6.42. The number of pyridine rings is 2. The molecule has 5 rings (SSSR count). The molecule has 34 heavy (non-hydrogen) atoms. The lowest BCUT2D eigenvalue weighted by molar-refractivity contribution is -0.189. The number of hydrogen-bond donors (Lipinski definition) is 1. The number of para-hydroxylation sites is 1. The number of carbonyl (C=O) groups excluding carboxylic acids is 3. The number of carbonyl (C=O) groups is 3. The molecule has 0 bridgehead atoms. The fraction of sp³-hybridized carbons (Fsp3) is 0.320. The molecule has 0 aliphatic carbocycles. The minimum atomic E-state index is -1.78. The Morgan fingerprint density at radius 1 is 1.21 bits per heavy atom. The highest BCUT2D eigenvalue weighted by Gasteiger charge is 2.50. The standard InChI is InChI=1S/C25H23N3O6/c1-3-20(29)26-11-21(30)34-25(4-2)17-10-19-22-15(9-14-7-5-6-8-18(14)27-22)12-28(19)23(31)16(17)13-33-24(25)32/h5-10H,3-4,11-13H2,1-2H3,(H,26,29)/t25-/m1/s1. The Labute approximate surface area is 194 Å². The van der Waals surface area contributed by atoms with Crippen molar-refractivity contribution >= 4 is 28.7 Å². The van der Waals surface area contributed by atoms with Crippen LogP contribution in [0.2, 0.25) is 0 Å². The van der Waals surface area contributed by atoms with Crippen LogP contribution in [0.25, 0.3) is 22.3 Å². The molecule has 0 radical (unpaired) electrons. The molecule has 0 spiro atoms. The van der Waals surface area contributed by atoms with Crippen LogP contribution in [-0.2, 0) is 42.6 Å². The summed E-state index contributed by atoms with van der Waals surface area (Å²) in [6, 6.07) is 11.4. The number of nitrogens with zero attached hydrogens (tertiary/aromatic N) is 2. The Morgan fingerprint density at radius 3 is 2.76 bits per heavy atom. The van der Waals surface area contributed by atoms with Crippen molar-refractivity contribution in [1.82, 2.24) is 14.9 Å². The summed E-state index contributed by atoms with van der Waals surface area (Å²) in [5.41, 5.74) is 1.39. The van der Waals surface area contributed by atoms with Crippen molar-refractivity contribution in [3.63, 3.8) is 0 Å². The highest BCUT2D eigenvalue weighted by molar-refractivity contribution is 5.89. The van der Waals surface area contributed by atoms with Crippen molar-refractivity contribution in [3.05, 3.63) is 63.4 Å². The fourth-order valence-corrected chi connectivity index (χ4v) is 4.61.